The van der Waals surface area contributed by atoms with Crippen molar-refractivity contribution in [2.75, 3.05) is 13.2 Å². The van der Waals surface area contributed by atoms with Crippen molar-refractivity contribution in [2.45, 2.75) is 19.2 Å². The van der Waals surface area contributed by atoms with E-state index in [2.05, 4.69) is 5.32 Å². The second-order valence-corrected chi connectivity index (χ2v) is 3.59. The van der Waals surface area contributed by atoms with Gasteiger partial charge in [0.05, 0.1) is 25.9 Å². The van der Waals surface area contributed by atoms with Gasteiger partial charge in [0.1, 0.15) is 0 Å². The van der Waals surface area contributed by atoms with Gasteiger partial charge in [0.15, 0.2) is 0 Å². The lowest BCUT2D eigenvalue weighted by Gasteiger charge is -2.27. The molecule has 2 N–H and O–H groups in total. The lowest BCUT2D eigenvalue weighted by Crippen LogP contribution is -2.45. The van der Waals surface area contributed by atoms with Gasteiger partial charge in [-0.2, -0.15) is 0 Å². The van der Waals surface area contributed by atoms with Gasteiger partial charge in [-0.05, 0) is 11.1 Å². The Morgan fingerprint density at radius 2 is 1.86 bits per heavy atom. The molecule has 0 saturated carbocycles. The summed E-state index contributed by atoms with van der Waals surface area (Å²) < 4.78 is 5.06. The van der Waals surface area contributed by atoms with Gasteiger partial charge in [-0.1, -0.05) is 24.3 Å². The van der Waals surface area contributed by atoms with Crippen molar-refractivity contribution in [3.05, 3.63) is 35.4 Å². The average Bonchev–Trinajstić information content (AvgIpc) is 2.16. The van der Waals surface area contributed by atoms with Crippen molar-refractivity contribution in [2.24, 2.45) is 0 Å². The van der Waals surface area contributed by atoms with Crippen LogP contribution in [0.5, 0.6) is 0 Å². The van der Waals surface area contributed by atoms with Crippen LogP contribution in [0.3, 0.4) is 0 Å². The molecule has 76 valence electrons. The number of benzene rings is 1. The maximum absolute atomic E-state index is 8.86. The molecule has 14 heavy (non-hydrogen) atoms. The molecule has 0 spiro atoms. The van der Waals surface area contributed by atoms with Crippen LogP contribution < -0.4 is 5.32 Å². The minimum atomic E-state index is 0.115. The molecule has 1 aromatic rings. The predicted octanol–water partition coefficient (Wildman–Crippen LogP) is 0.667. The minimum Gasteiger partial charge on any atom is -0.392 e. The highest BCUT2D eigenvalue weighted by atomic mass is 16.5. The molecule has 0 unspecified atom stereocenters. The Hall–Kier alpha value is -0.900. The third-order valence-corrected chi connectivity index (χ3v) is 2.44. The molecule has 0 aliphatic carbocycles. The van der Waals surface area contributed by atoms with Crippen LogP contribution >= 0.6 is 0 Å². The van der Waals surface area contributed by atoms with E-state index in [1.165, 1.54) is 5.56 Å². The monoisotopic (exact) mass is 193 g/mol. The Balaban J connectivity index is 1.83. The minimum absolute atomic E-state index is 0.115. The van der Waals surface area contributed by atoms with Crippen LogP contribution in [0.4, 0.5) is 0 Å². The Morgan fingerprint density at radius 3 is 2.36 bits per heavy atom. The van der Waals surface area contributed by atoms with Crippen molar-refractivity contribution < 1.29 is 9.84 Å². The zero-order valence-electron chi connectivity index (χ0n) is 8.07. The van der Waals surface area contributed by atoms with E-state index < -0.39 is 0 Å². The highest BCUT2D eigenvalue weighted by Gasteiger charge is 2.16. The molecule has 1 fully saturated rings. The number of aliphatic hydroxyl groups is 1. The standard InChI is InChI=1S/C11H15NO2/c13-6-10-3-1-9(2-4-10)5-12-11-7-14-8-11/h1-4,11-13H,5-8H2. The van der Waals surface area contributed by atoms with Gasteiger partial charge >= 0.3 is 0 Å². The Bertz CT molecular complexity index is 280. The van der Waals surface area contributed by atoms with Crippen molar-refractivity contribution in [3.8, 4) is 0 Å². The van der Waals surface area contributed by atoms with Crippen LogP contribution in [0.25, 0.3) is 0 Å². The van der Waals surface area contributed by atoms with E-state index in [1.54, 1.807) is 0 Å². The molecule has 0 atom stereocenters. The molecule has 0 aromatic heterocycles. The summed E-state index contributed by atoms with van der Waals surface area (Å²) in [6.45, 7) is 2.65. The largest absolute Gasteiger partial charge is 0.392 e. The van der Waals surface area contributed by atoms with E-state index in [9.17, 15) is 0 Å². The predicted molar refractivity (Wildman–Crippen MR) is 53.8 cm³/mol. The lowest BCUT2D eigenvalue weighted by molar-refractivity contribution is -0.00578. The molecule has 1 heterocycles. The number of aliphatic hydroxyl groups excluding tert-OH is 1. The molecule has 3 nitrogen and oxygen atoms in total. The summed E-state index contributed by atoms with van der Waals surface area (Å²) in [6, 6.07) is 8.51. The maximum Gasteiger partial charge on any atom is 0.0681 e. The van der Waals surface area contributed by atoms with Crippen molar-refractivity contribution >= 4 is 0 Å². The number of rotatable bonds is 4. The molecular weight excluding hydrogens is 178 g/mol. The number of ether oxygens (including phenoxy) is 1. The Kier molecular flexibility index (Phi) is 3.14. The number of nitrogens with one attached hydrogen (secondary N) is 1. The Labute approximate surface area is 83.7 Å². The molecule has 0 amide bonds. The Morgan fingerprint density at radius 1 is 1.21 bits per heavy atom. The van der Waals surface area contributed by atoms with Gasteiger partial charge in [0.2, 0.25) is 0 Å². The van der Waals surface area contributed by atoms with E-state index >= 15 is 0 Å². The fraction of sp³-hybridized carbons (Fsp3) is 0.455. The van der Waals surface area contributed by atoms with Crippen molar-refractivity contribution in [3.63, 3.8) is 0 Å². The quantitative estimate of drug-likeness (QED) is 0.738. The van der Waals surface area contributed by atoms with Crippen molar-refractivity contribution in [1.29, 1.82) is 0 Å². The summed E-state index contributed by atoms with van der Waals surface area (Å²) in [5.74, 6) is 0. The van der Waals surface area contributed by atoms with Crippen LogP contribution in [0.15, 0.2) is 24.3 Å². The van der Waals surface area contributed by atoms with Gasteiger partial charge in [0.25, 0.3) is 0 Å². The first-order chi connectivity index (χ1) is 6.88. The summed E-state index contributed by atoms with van der Waals surface area (Å²) >= 11 is 0. The van der Waals surface area contributed by atoms with E-state index in [0.717, 1.165) is 25.3 Å². The van der Waals surface area contributed by atoms with Gasteiger partial charge < -0.3 is 15.2 Å². The van der Waals surface area contributed by atoms with Gasteiger partial charge in [-0.25, -0.2) is 0 Å². The molecule has 1 aliphatic heterocycles. The zero-order chi connectivity index (χ0) is 9.80. The molecule has 1 aromatic carbocycles. The summed E-state index contributed by atoms with van der Waals surface area (Å²) in [6.07, 6.45) is 0. The third kappa shape index (κ3) is 2.32. The molecule has 0 bridgehead atoms. The second-order valence-electron chi connectivity index (χ2n) is 3.59. The first-order valence-electron chi connectivity index (χ1n) is 4.88. The van der Waals surface area contributed by atoms with E-state index in [1.807, 2.05) is 24.3 Å². The number of hydrogen-bond acceptors (Lipinski definition) is 3. The molecular formula is C11H15NO2. The third-order valence-electron chi connectivity index (χ3n) is 2.44. The maximum atomic E-state index is 8.86. The smallest absolute Gasteiger partial charge is 0.0681 e. The first-order valence-corrected chi connectivity index (χ1v) is 4.88. The van der Waals surface area contributed by atoms with Crippen LogP contribution in [0.2, 0.25) is 0 Å². The van der Waals surface area contributed by atoms with E-state index in [-0.39, 0.29) is 6.61 Å². The lowest BCUT2D eigenvalue weighted by atomic mass is 10.1. The highest BCUT2D eigenvalue weighted by Crippen LogP contribution is 2.06. The highest BCUT2D eigenvalue weighted by molar-refractivity contribution is 5.21. The second kappa shape index (κ2) is 4.55. The fourth-order valence-electron chi connectivity index (χ4n) is 1.38. The first kappa shape index (κ1) is 9.65. The fourth-order valence-corrected chi connectivity index (χ4v) is 1.38. The van der Waals surface area contributed by atoms with Gasteiger partial charge in [-0.15, -0.1) is 0 Å². The van der Waals surface area contributed by atoms with Gasteiger partial charge in [-0.3, -0.25) is 0 Å². The van der Waals surface area contributed by atoms with Crippen LogP contribution in [0, 0.1) is 0 Å². The van der Waals surface area contributed by atoms with Crippen LogP contribution in [-0.4, -0.2) is 24.4 Å². The molecule has 1 aliphatic rings. The van der Waals surface area contributed by atoms with Gasteiger partial charge in [0, 0.05) is 6.54 Å². The zero-order valence-corrected chi connectivity index (χ0v) is 8.07. The molecule has 3 heteroatoms. The number of hydrogen-bond donors (Lipinski definition) is 2. The summed E-state index contributed by atoms with van der Waals surface area (Å²) in [7, 11) is 0. The summed E-state index contributed by atoms with van der Waals surface area (Å²) in [4.78, 5) is 0. The summed E-state index contributed by atoms with van der Waals surface area (Å²) in [5, 5.41) is 12.2. The van der Waals surface area contributed by atoms with Crippen LogP contribution in [-0.2, 0) is 17.9 Å². The molecule has 2 rings (SSSR count). The van der Waals surface area contributed by atoms with Crippen molar-refractivity contribution in [1.82, 2.24) is 5.32 Å². The van der Waals surface area contributed by atoms with E-state index in [0.29, 0.717) is 6.04 Å². The average molecular weight is 193 g/mol. The molecule has 0 radical (unpaired) electrons. The summed E-state index contributed by atoms with van der Waals surface area (Å²) in [5.41, 5.74) is 2.20. The van der Waals surface area contributed by atoms with Crippen LogP contribution in [0.1, 0.15) is 11.1 Å². The SMILES string of the molecule is OCc1ccc(CNC2COC2)cc1. The normalized spacial score (nSPS) is 16.6. The van der Waals surface area contributed by atoms with E-state index in [4.69, 9.17) is 9.84 Å². The topological polar surface area (TPSA) is 41.5 Å². The molecule has 1 saturated heterocycles.